The first kappa shape index (κ1) is 19.6. The summed E-state index contributed by atoms with van der Waals surface area (Å²) in [6.07, 6.45) is 3.80. The molecule has 0 fully saturated rings. The Kier molecular flexibility index (Phi) is 6.84. The van der Waals surface area contributed by atoms with Gasteiger partial charge < -0.3 is 14.7 Å². The van der Waals surface area contributed by atoms with Crippen LogP contribution in [0.15, 0.2) is 54.6 Å². The Labute approximate surface area is 155 Å². The van der Waals surface area contributed by atoms with Crippen LogP contribution in [0.4, 0.5) is 5.69 Å². The van der Waals surface area contributed by atoms with Gasteiger partial charge in [0.15, 0.2) is 0 Å². The fourth-order valence-electron chi connectivity index (χ4n) is 2.71. The molecular weight excluding hydrogens is 326 g/mol. The van der Waals surface area contributed by atoms with Crippen molar-refractivity contribution in [2.75, 3.05) is 11.9 Å². The van der Waals surface area contributed by atoms with Crippen molar-refractivity contribution in [3.63, 3.8) is 0 Å². The number of hydrogen-bond donors (Lipinski definition) is 1. The maximum Gasteiger partial charge on any atom is 0.328 e. The van der Waals surface area contributed by atoms with E-state index >= 15 is 0 Å². The van der Waals surface area contributed by atoms with Crippen LogP contribution < -0.4 is 9.64 Å². The number of nitrogens with zero attached hydrogens (tertiary/aromatic N) is 1. The third-order valence-electron chi connectivity index (χ3n) is 4.19. The first-order valence-electron chi connectivity index (χ1n) is 8.84. The van der Waals surface area contributed by atoms with Gasteiger partial charge in [0.1, 0.15) is 5.75 Å². The molecule has 2 rings (SSSR count). The zero-order valence-corrected chi connectivity index (χ0v) is 15.8. The first-order chi connectivity index (χ1) is 12.3. The maximum atomic E-state index is 10.6. The molecule has 0 aliphatic heterocycles. The topological polar surface area (TPSA) is 49.8 Å². The molecule has 1 unspecified atom stereocenters. The lowest BCUT2D eigenvalue weighted by Crippen LogP contribution is -2.30. The zero-order valence-electron chi connectivity index (χ0n) is 15.8. The van der Waals surface area contributed by atoms with E-state index in [1.165, 1.54) is 5.56 Å². The molecule has 138 valence electrons. The van der Waals surface area contributed by atoms with Gasteiger partial charge in [-0.25, -0.2) is 4.79 Å². The van der Waals surface area contributed by atoms with Crippen molar-refractivity contribution < 1.29 is 14.6 Å². The van der Waals surface area contributed by atoms with E-state index in [0.717, 1.165) is 29.5 Å². The van der Waals surface area contributed by atoms with Crippen LogP contribution in [0.5, 0.6) is 5.75 Å². The summed E-state index contributed by atoms with van der Waals surface area (Å²) >= 11 is 0. The summed E-state index contributed by atoms with van der Waals surface area (Å²) in [5.74, 6) is -0.0564. The molecule has 26 heavy (non-hydrogen) atoms. The van der Waals surface area contributed by atoms with Gasteiger partial charge in [-0.05, 0) is 56.5 Å². The number of carboxylic acid groups (broad SMARTS) is 1. The minimum atomic E-state index is -0.937. The van der Waals surface area contributed by atoms with Crippen LogP contribution in [0.1, 0.15) is 31.9 Å². The van der Waals surface area contributed by atoms with Crippen LogP contribution in [0, 0.1) is 0 Å². The standard InChI is InChI=1S/C22H27NO3/c1-16(2)26-21-7-5-6-20(15-21)23(4)17(3)14-19-10-8-18(9-11-19)12-13-22(24)25/h5-13,15-17H,14H2,1-4H3,(H,24,25). The van der Waals surface area contributed by atoms with Crippen LogP contribution >= 0.6 is 0 Å². The zero-order chi connectivity index (χ0) is 19.1. The molecule has 0 saturated heterocycles. The Morgan fingerprint density at radius 1 is 1.15 bits per heavy atom. The quantitative estimate of drug-likeness (QED) is 0.703. The molecule has 2 aromatic carbocycles. The number of ether oxygens (including phenoxy) is 1. The second-order valence-corrected chi connectivity index (χ2v) is 6.74. The van der Waals surface area contributed by atoms with Crippen molar-refractivity contribution >= 4 is 17.7 Å². The summed E-state index contributed by atoms with van der Waals surface area (Å²) < 4.78 is 5.78. The monoisotopic (exact) mass is 353 g/mol. The minimum absolute atomic E-state index is 0.154. The Hall–Kier alpha value is -2.75. The Balaban J connectivity index is 2.02. The Morgan fingerprint density at radius 2 is 1.85 bits per heavy atom. The van der Waals surface area contributed by atoms with Crippen LogP contribution in [0.25, 0.3) is 6.08 Å². The van der Waals surface area contributed by atoms with Gasteiger partial charge >= 0.3 is 5.97 Å². The summed E-state index contributed by atoms with van der Waals surface area (Å²) in [7, 11) is 2.09. The largest absolute Gasteiger partial charge is 0.491 e. The van der Waals surface area contributed by atoms with Crippen LogP contribution in [0.2, 0.25) is 0 Å². The van der Waals surface area contributed by atoms with Gasteiger partial charge in [-0.1, -0.05) is 30.3 Å². The molecule has 0 aliphatic carbocycles. The van der Waals surface area contributed by atoms with Gasteiger partial charge in [-0.3, -0.25) is 0 Å². The van der Waals surface area contributed by atoms with E-state index in [1.807, 2.05) is 50.2 Å². The van der Waals surface area contributed by atoms with E-state index in [1.54, 1.807) is 6.08 Å². The lowest BCUT2D eigenvalue weighted by molar-refractivity contribution is -0.131. The maximum absolute atomic E-state index is 10.6. The number of carbonyl (C=O) groups is 1. The van der Waals surface area contributed by atoms with E-state index < -0.39 is 5.97 Å². The highest BCUT2D eigenvalue weighted by Crippen LogP contribution is 2.23. The number of anilines is 1. The Bertz CT molecular complexity index is 750. The number of hydrogen-bond acceptors (Lipinski definition) is 3. The van der Waals surface area contributed by atoms with Gasteiger partial charge in [0.05, 0.1) is 6.10 Å². The third-order valence-corrected chi connectivity index (χ3v) is 4.19. The van der Waals surface area contributed by atoms with E-state index in [4.69, 9.17) is 9.84 Å². The van der Waals surface area contributed by atoms with E-state index in [9.17, 15) is 4.79 Å². The first-order valence-corrected chi connectivity index (χ1v) is 8.84. The highest BCUT2D eigenvalue weighted by atomic mass is 16.5. The molecule has 4 nitrogen and oxygen atoms in total. The molecule has 0 bridgehead atoms. The third kappa shape index (κ3) is 5.96. The summed E-state index contributed by atoms with van der Waals surface area (Å²) in [4.78, 5) is 12.8. The molecular formula is C22H27NO3. The van der Waals surface area contributed by atoms with Crippen LogP contribution in [-0.2, 0) is 11.2 Å². The van der Waals surface area contributed by atoms with Crippen molar-refractivity contribution in [2.24, 2.45) is 0 Å². The molecule has 1 atom stereocenters. The average Bonchev–Trinajstić information content (AvgIpc) is 2.60. The molecule has 0 heterocycles. The number of likely N-dealkylation sites (N-methyl/N-ethyl adjacent to an activating group) is 1. The van der Waals surface area contributed by atoms with E-state index in [-0.39, 0.29) is 6.10 Å². The highest BCUT2D eigenvalue weighted by Gasteiger charge is 2.12. The molecule has 0 amide bonds. The molecule has 2 aromatic rings. The van der Waals surface area contributed by atoms with Gasteiger partial charge in [-0.15, -0.1) is 0 Å². The minimum Gasteiger partial charge on any atom is -0.491 e. The summed E-state index contributed by atoms with van der Waals surface area (Å²) in [5, 5.41) is 8.68. The highest BCUT2D eigenvalue weighted by molar-refractivity contribution is 5.85. The Morgan fingerprint density at radius 3 is 2.46 bits per heavy atom. The normalized spacial score (nSPS) is 12.3. The van der Waals surface area contributed by atoms with Crippen LogP contribution in [0.3, 0.4) is 0 Å². The molecule has 1 N–H and O–H groups in total. The SMILES string of the molecule is CC(C)Oc1cccc(N(C)C(C)Cc2ccc(C=CC(=O)O)cc2)c1. The number of carboxylic acids is 1. The smallest absolute Gasteiger partial charge is 0.328 e. The molecule has 4 heteroatoms. The van der Waals surface area contributed by atoms with Crippen molar-refractivity contribution in [1.82, 2.24) is 0 Å². The van der Waals surface area contributed by atoms with Crippen molar-refractivity contribution in [2.45, 2.75) is 39.3 Å². The van der Waals surface area contributed by atoms with E-state index in [2.05, 4.69) is 31.0 Å². The molecule has 0 aromatic heterocycles. The average molecular weight is 353 g/mol. The van der Waals surface area contributed by atoms with Gasteiger partial charge in [-0.2, -0.15) is 0 Å². The molecule has 0 aliphatic rings. The van der Waals surface area contributed by atoms with Gasteiger partial charge in [0, 0.05) is 30.9 Å². The fraction of sp³-hybridized carbons (Fsp3) is 0.318. The van der Waals surface area contributed by atoms with Gasteiger partial charge in [0.2, 0.25) is 0 Å². The number of aliphatic carboxylic acids is 1. The summed E-state index contributed by atoms with van der Waals surface area (Å²) in [6, 6.07) is 16.4. The second-order valence-electron chi connectivity index (χ2n) is 6.74. The molecule has 0 spiro atoms. The van der Waals surface area contributed by atoms with Crippen molar-refractivity contribution in [3.8, 4) is 5.75 Å². The predicted molar refractivity (Wildman–Crippen MR) is 107 cm³/mol. The molecule has 0 saturated carbocycles. The van der Waals surface area contributed by atoms with E-state index in [0.29, 0.717) is 6.04 Å². The second kappa shape index (κ2) is 9.09. The summed E-state index contributed by atoms with van der Waals surface area (Å²) in [6.45, 7) is 6.23. The fourth-order valence-corrected chi connectivity index (χ4v) is 2.71. The molecule has 0 radical (unpaired) electrons. The lowest BCUT2D eigenvalue weighted by atomic mass is 10.0. The van der Waals surface area contributed by atoms with Crippen molar-refractivity contribution in [3.05, 3.63) is 65.7 Å². The predicted octanol–water partition coefficient (Wildman–Crippen LogP) is 4.64. The van der Waals surface area contributed by atoms with Crippen molar-refractivity contribution in [1.29, 1.82) is 0 Å². The lowest BCUT2D eigenvalue weighted by Gasteiger charge is -2.27. The number of benzene rings is 2. The van der Waals surface area contributed by atoms with Crippen LogP contribution in [-0.4, -0.2) is 30.3 Å². The number of rotatable bonds is 8. The van der Waals surface area contributed by atoms with Gasteiger partial charge in [0.25, 0.3) is 0 Å². The summed E-state index contributed by atoms with van der Waals surface area (Å²) in [5.41, 5.74) is 3.22.